The molecule has 0 aliphatic carbocycles. The van der Waals surface area contributed by atoms with Gasteiger partial charge in [0.2, 0.25) is 10.0 Å². The van der Waals surface area contributed by atoms with E-state index in [1.165, 1.54) is 10.4 Å². The van der Waals surface area contributed by atoms with Gasteiger partial charge in [0, 0.05) is 32.2 Å². The molecule has 0 unspecified atom stereocenters. The molecule has 10 heteroatoms. The maximum atomic E-state index is 13.3. The Morgan fingerprint density at radius 1 is 1.03 bits per heavy atom. The fraction of sp³-hybridized carbons (Fsp3) is 0.538. The smallest absolute Gasteiger partial charge is 0.251 e. The van der Waals surface area contributed by atoms with Crippen molar-refractivity contribution in [3.05, 3.63) is 53.6 Å². The van der Waals surface area contributed by atoms with Gasteiger partial charge < -0.3 is 20.2 Å². The predicted octanol–water partition coefficient (Wildman–Crippen LogP) is 2.37. The number of rotatable bonds is 15. The van der Waals surface area contributed by atoms with E-state index in [1.807, 2.05) is 49.2 Å². The summed E-state index contributed by atoms with van der Waals surface area (Å²) in [4.78, 5) is 22.1. The van der Waals surface area contributed by atoms with Crippen molar-refractivity contribution in [2.45, 2.75) is 39.7 Å². The van der Waals surface area contributed by atoms with E-state index >= 15 is 0 Å². The lowest BCUT2D eigenvalue weighted by atomic mass is 10.1. The molecule has 2 N–H and O–H groups in total. The molecule has 0 fully saturated rings. The molecule has 1 heterocycles. The van der Waals surface area contributed by atoms with Gasteiger partial charge in [-0.15, -0.1) is 0 Å². The number of sulfonamides is 1. The lowest BCUT2D eigenvalue weighted by molar-refractivity contribution is 0.0916. The molecule has 2 rings (SSSR count). The van der Waals surface area contributed by atoms with E-state index in [2.05, 4.69) is 29.0 Å². The molecule has 2 aromatic rings. The van der Waals surface area contributed by atoms with Crippen LogP contribution in [0.1, 0.15) is 43.1 Å². The van der Waals surface area contributed by atoms with Gasteiger partial charge >= 0.3 is 0 Å². The Hall–Kier alpha value is -2.69. The lowest BCUT2D eigenvalue weighted by Gasteiger charge is -2.27. The first-order valence-corrected chi connectivity index (χ1v) is 14.4. The molecule has 0 radical (unpaired) electrons. The van der Waals surface area contributed by atoms with Gasteiger partial charge in [0.05, 0.1) is 18.9 Å². The zero-order valence-corrected chi connectivity index (χ0v) is 23.0. The Kier molecular flexibility index (Phi) is 11.6. The van der Waals surface area contributed by atoms with Gasteiger partial charge in [-0.3, -0.25) is 9.10 Å². The van der Waals surface area contributed by atoms with Crippen LogP contribution in [0.15, 0.2) is 42.5 Å². The third-order valence-corrected chi connectivity index (χ3v) is 7.23. The van der Waals surface area contributed by atoms with Gasteiger partial charge in [-0.2, -0.15) is 0 Å². The number of likely N-dealkylation sites (N-methyl/N-ethyl adjacent to an activating group) is 2. The molecular formula is C26H41N5O4S. The normalized spacial score (nSPS) is 12.4. The second kappa shape index (κ2) is 14.2. The minimum atomic E-state index is -3.59. The van der Waals surface area contributed by atoms with E-state index in [1.54, 1.807) is 6.07 Å². The lowest BCUT2D eigenvalue weighted by Crippen LogP contribution is -2.39. The van der Waals surface area contributed by atoms with Gasteiger partial charge in [0.1, 0.15) is 11.6 Å². The van der Waals surface area contributed by atoms with Gasteiger partial charge in [-0.1, -0.05) is 51.1 Å². The summed E-state index contributed by atoms with van der Waals surface area (Å²) < 4.78 is 26.3. The van der Waals surface area contributed by atoms with Crippen molar-refractivity contribution >= 4 is 27.6 Å². The summed E-state index contributed by atoms with van der Waals surface area (Å²) in [6.07, 6.45) is 2.22. The van der Waals surface area contributed by atoms with E-state index in [0.717, 1.165) is 31.5 Å². The Bertz CT molecular complexity index is 1060. The quantitative estimate of drug-likeness (QED) is 0.372. The maximum absolute atomic E-state index is 13.3. The molecule has 0 spiro atoms. The highest BCUT2D eigenvalue weighted by Crippen LogP contribution is 2.23. The van der Waals surface area contributed by atoms with Crippen LogP contribution in [-0.4, -0.2) is 88.0 Å². The van der Waals surface area contributed by atoms with E-state index in [-0.39, 0.29) is 19.0 Å². The molecule has 1 aromatic carbocycles. The van der Waals surface area contributed by atoms with Crippen LogP contribution < -0.4 is 14.5 Å². The number of aromatic nitrogens is 1. The molecule has 0 aliphatic heterocycles. The van der Waals surface area contributed by atoms with Crippen LogP contribution in [0.2, 0.25) is 0 Å². The molecule has 1 aromatic heterocycles. The first-order valence-electron chi connectivity index (χ1n) is 12.5. The largest absolute Gasteiger partial charge is 0.394 e. The molecule has 0 bridgehead atoms. The summed E-state index contributed by atoms with van der Waals surface area (Å²) in [7, 11) is -1.71. The van der Waals surface area contributed by atoms with Crippen molar-refractivity contribution in [1.82, 2.24) is 15.2 Å². The van der Waals surface area contributed by atoms with Crippen molar-refractivity contribution in [1.29, 1.82) is 0 Å². The summed E-state index contributed by atoms with van der Waals surface area (Å²) >= 11 is 0. The Balaban J connectivity index is 2.38. The molecule has 0 aliphatic rings. The number of amides is 1. The zero-order chi connectivity index (χ0) is 26.7. The SMILES string of the molecule is CCCN(c1cc(C(=O)N[C@H](CO)Cc2ccccc2)cc(N(C)CCN(CC)CC)n1)S(C)(=O)=O. The highest BCUT2D eigenvalue weighted by atomic mass is 32.2. The van der Waals surface area contributed by atoms with Crippen molar-refractivity contribution in [2.75, 3.05) is 61.8 Å². The van der Waals surface area contributed by atoms with E-state index in [4.69, 9.17) is 0 Å². The molecule has 1 atom stereocenters. The number of nitrogens with zero attached hydrogens (tertiary/aromatic N) is 4. The predicted molar refractivity (Wildman–Crippen MR) is 146 cm³/mol. The van der Waals surface area contributed by atoms with Gasteiger partial charge in [0.15, 0.2) is 0 Å². The van der Waals surface area contributed by atoms with E-state index in [9.17, 15) is 18.3 Å². The number of benzene rings is 1. The van der Waals surface area contributed by atoms with Crippen LogP contribution in [0.3, 0.4) is 0 Å². The van der Waals surface area contributed by atoms with E-state index in [0.29, 0.717) is 30.8 Å². The second-order valence-electron chi connectivity index (χ2n) is 8.90. The number of aliphatic hydroxyl groups is 1. The zero-order valence-electron chi connectivity index (χ0n) is 22.1. The second-order valence-corrected chi connectivity index (χ2v) is 10.8. The number of aliphatic hydroxyl groups excluding tert-OH is 1. The van der Waals surface area contributed by atoms with Crippen LogP contribution in [0.4, 0.5) is 11.6 Å². The molecular weight excluding hydrogens is 478 g/mol. The first kappa shape index (κ1) is 29.5. The van der Waals surface area contributed by atoms with Crippen molar-refractivity contribution in [3.8, 4) is 0 Å². The van der Waals surface area contributed by atoms with Crippen molar-refractivity contribution < 1.29 is 18.3 Å². The number of anilines is 2. The molecule has 0 saturated heterocycles. The molecule has 36 heavy (non-hydrogen) atoms. The van der Waals surface area contributed by atoms with Crippen LogP contribution in [-0.2, 0) is 16.4 Å². The third-order valence-electron chi connectivity index (χ3n) is 6.06. The third kappa shape index (κ3) is 8.76. The minimum absolute atomic E-state index is 0.209. The summed E-state index contributed by atoms with van der Waals surface area (Å²) in [6.45, 7) is 9.46. The standard InChI is InChI=1S/C26H41N5O4S/c1-6-14-31(36(5,34)35)25-19-22(18-24(28-25)29(4)15-16-30(7-2)8-3)26(33)27-23(20-32)17-21-12-10-9-11-13-21/h9-13,18-19,23,32H,6-8,14-17,20H2,1-5H3,(H,27,33)/t23-/m0/s1. The highest BCUT2D eigenvalue weighted by molar-refractivity contribution is 7.92. The minimum Gasteiger partial charge on any atom is -0.394 e. The Labute approximate surface area is 216 Å². The van der Waals surface area contributed by atoms with Crippen molar-refractivity contribution in [2.24, 2.45) is 0 Å². The number of hydrogen-bond acceptors (Lipinski definition) is 7. The summed E-state index contributed by atoms with van der Waals surface area (Å²) in [5, 5.41) is 12.8. The monoisotopic (exact) mass is 519 g/mol. The van der Waals surface area contributed by atoms with Gasteiger partial charge in [0.25, 0.3) is 5.91 Å². The maximum Gasteiger partial charge on any atom is 0.251 e. The fourth-order valence-electron chi connectivity index (χ4n) is 3.88. The van der Waals surface area contributed by atoms with Crippen LogP contribution >= 0.6 is 0 Å². The van der Waals surface area contributed by atoms with Crippen molar-refractivity contribution in [3.63, 3.8) is 0 Å². The number of pyridine rings is 1. The summed E-state index contributed by atoms with van der Waals surface area (Å²) in [5.41, 5.74) is 1.29. The fourth-order valence-corrected chi connectivity index (χ4v) is 4.83. The number of carbonyl (C=O) groups is 1. The summed E-state index contributed by atoms with van der Waals surface area (Å²) in [5.74, 6) is 0.329. The number of carbonyl (C=O) groups excluding carboxylic acids is 1. The van der Waals surface area contributed by atoms with E-state index < -0.39 is 22.0 Å². The van der Waals surface area contributed by atoms with Crippen LogP contribution in [0.5, 0.6) is 0 Å². The summed E-state index contributed by atoms with van der Waals surface area (Å²) in [6, 6.07) is 12.3. The molecule has 1 amide bonds. The average molecular weight is 520 g/mol. The Morgan fingerprint density at radius 3 is 2.22 bits per heavy atom. The van der Waals surface area contributed by atoms with Gasteiger partial charge in [-0.25, -0.2) is 13.4 Å². The molecule has 9 nitrogen and oxygen atoms in total. The average Bonchev–Trinajstić information content (AvgIpc) is 2.86. The van der Waals surface area contributed by atoms with Crippen LogP contribution in [0.25, 0.3) is 0 Å². The number of hydrogen-bond donors (Lipinski definition) is 2. The topological polar surface area (TPSA) is 106 Å². The molecule has 200 valence electrons. The first-order chi connectivity index (χ1) is 17.1. The molecule has 0 saturated carbocycles. The van der Waals surface area contributed by atoms with Crippen LogP contribution in [0, 0.1) is 0 Å². The Morgan fingerprint density at radius 2 is 1.67 bits per heavy atom. The highest BCUT2D eigenvalue weighted by Gasteiger charge is 2.23. The number of nitrogens with one attached hydrogen (secondary N) is 1. The van der Waals surface area contributed by atoms with Gasteiger partial charge in [-0.05, 0) is 43.6 Å².